The third kappa shape index (κ3) is 5.05. The van der Waals surface area contributed by atoms with Gasteiger partial charge in [0.1, 0.15) is 22.3 Å². The third-order valence-electron chi connectivity index (χ3n) is 14.2. The van der Waals surface area contributed by atoms with Crippen LogP contribution in [0.2, 0.25) is 0 Å². The van der Waals surface area contributed by atoms with E-state index in [4.69, 9.17) is 8.83 Å². The molecule has 1 aliphatic carbocycles. The first-order chi connectivity index (χ1) is 32.3. The van der Waals surface area contributed by atoms with Crippen molar-refractivity contribution >= 4 is 65.4 Å². The Morgan fingerprint density at radius 1 is 0.262 bits per heavy atom. The van der Waals surface area contributed by atoms with Gasteiger partial charge in [0.05, 0.1) is 5.41 Å². The summed E-state index contributed by atoms with van der Waals surface area (Å²) in [6.45, 7) is 0. The minimum Gasteiger partial charge on any atom is -0.455 e. The first-order valence-electron chi connectivity index (χ1n) is 22.4. The van der Waals surface area contributed by atoms with Crippen molar-refractivity contribution in [2.45, 2.75) is 5.41 Å². The second-order valence-electron chi connectivity index (χ2n) is 17.4. The summed E-state index contributed by atoms with van der Waals surface area (Å²) in [7, 11) is 0. The van der Waals surface area contributed by atoms with Crippen molar-refractivity contribution in [3.8, 4) is 44.5 Å². The lowest BCUT2D eigenvalue weighted by molar-refractivity contribution is 0.669. The minimum absolute atomic E-state index is 0.481. The van der Waals surface area contributed by atoms with E-state index in [1.165, 1.54) is 55.3 Å². The van der Waals surface area contributed by atoms with Crippen LogP contribution in [0.25, 0.3) is 110 Å². The highest BCUT2D eigenvalue weighted by atomic mass is 16.3. The molecule has 2 heteroatoms. The lowest BCUT2D eigenvalue weighted by atomic mass is 9.67. The molecule has 0 saturated carbocycles. The van der Waals surface area contributed by atoms with Gasteiger partial charge in [0.15, 0.2) is 0 Å². The molecule has 11 aromatic carbocycles. The first-order valence-corrected chi connectivity index (χ1v) is 22.4. The molecule has 0 radical (unpaired) electrons. The fourth-order valence-electron chi connectivity index (χ4n) is 11.5. The lowest BCUT2D eigenvalue weighted by Gasteiger charge is -2.33. The molecule has 0 bridgehead atoms. The van der Waals surface area contributed by atoms with Gasteiger partial charge >= 0.3 is 0 Å². The van der Waals surface area contributed by atoms with Gasteiger partial charge in [0.25, 0.3) is 0 Å². The van der Waals surface area contributed by atoms with Crippen LogP contribution in [0.3, 0.4) is 0 Å². The maximum absolute atomic E-state index is 6.72. The highest BCUT2D eigenvalue weighted by Gasteiger charge is 2.46. The molecule has 2 nitrogen and oxygen atoms in total. The highest BCUT2D eigenvalue weighted by Crippen LogP contribution is 2.57. The summed E-state index contributed by atoms with van der Waals surface area (Å²) in [5, 5.41) is 9.18. The van der Waals surface area contributed by atoms with Gasteiger partial charge in [-0.15, -0.1) is 0 Å². The summed E-state index contributed by atoms with van der Waals surface area (Å²) in [6, 6.07) is 84.1. The molecule has 0 N–H and O–H groups in total. The quantitative estimate of drug-likeness (QED) is 0.162. The Balaban J connectivity index is 1.09. The number of rotatable bonds is 5. The molecule has 2 aromatic heterocycles. The van der Waals surface area contributed by atoms with E-state index in [9.17, 15) is 0 Å². The molecular weight excluding hydrogens is 789 g/mol. The van der Waals surface area contributed by atoms with Crippen molar-refractivity contribution in [2.75, 3.05) is 0 Å². The van der Waals surface area contributed by atoms with Gasteiger partial charge in [-0.05, 0) is 101 Å². The fourth-order valence-corrected chi connectivity index (χ4v) is 11.5. The molecule has 2 heterocycles. The zero-order valence-corrected chi connectivity index (χ0v) is 35.3. The maximum Gasteiger partial charge on any atom is 0.143 e. The monoisotopic (exact) mass is 826 g/mol. The van der Waals surface area contributed by atoms with Crippen molar-refractivity contribution in [1.82, 2.24) is 0 Å². The molecule has 1 aliphatic rings. The molecular formula is C63H38O2. The van der Waals surface area contributed by atoms with Crippen LogP contribution in [0.1, 0.15) is 22.3 Å². The van der Waals surface area contributed by atoms with Crippen LogP contribution in [-0.2, 0) is 5.41 Å². The van der Waals surface area contributed by atoms with Crippen molar-refractivity contribution < 1.29 is 8.83 Å². The minimum atomic E-state index is -0.481. The summed E-state index contributed by atoms with van der Waals surface area (Å²) >= 11 is 0. The molecule has 0 unspecified atom stereocenters. The molecule has 14 rings (SSSR count). The number of fused-ring (bicyclic) bond motifs is 11. The smallest absolute Gasteiger partial charge is 0.143 e. The second kappa shape index (κ2) is 13.8. The molecule has 0 saturated heterocycles. The van der Waals surface area contributed by atoms with E-state index in [-0.39, 0.29) is 0 Å². The Hall–Kier alpha value is -8.46. The van der Waals surface area contributed by atoms with Crippen LogP contribution < -0.4 is 0 Å². The number of hydrogen-bond acceptors (Lipinski definition) is 2. The van der Waals surface area contributed by atoms with Gasteiger partial charge in [0.2, 0.25) is 0 Å². The molecule has 0 fully saturated rings. The van der Waals surface area contributed by atoms with Crippen LogP contribution >= 0.6 is 0 Å². The first kappa shape index (κ1) is 36.1. The second-order valence-corrected chi connectivity index (χ2v) is 17.4. The molecule has 0 aliphatic heterocycles. The summed E-state index contributed by atoms with van der Waals surface area (Å²) in [5.41, 5.74) is 17.5. The summed E-state index contributed by atoms with van der Waals surface area (Å²) in [6.07, 6.45) is 0. The Morgan fingerprint density at radius 3 is 1.26 bits per heavy atom. The molecule has 0 atom stereocenters. The summed E-state index contributed by atoms with van der Waals surface area (Å²) in [5.74, 6) is 0. The van der Waals surface area contributed by atoms with Crippen LogP contribution in [0.4, 0.5) is 0 Å². The van der Waals surface area contributed by atoms with E-state index in [1.807, 2.05) is 12.1 Å². The van der Waals surface area contributed by atoms with Crippen LogP contribution in [0, 0.1) is 0 Å². The van der Waals surface area contributed by atoms with Crippen molar-refractivity contribution in [3.05, 3.63) is 253 Å². The molecule has 302 valence electrons. The standard InChI is InChI=1S/C63H38O2/c1-3-17-40(18-4-1)63(41-19-5-2-6-20-41)56-32-10-7-21-44(56)55-37-39(35-36-57(55)63)60-47-26-13-24-42(49-28-15-30-51-45-22-8-11-33-58(45)64-61(49)51)53(47)38-54-43(25-14-27-48(54)60)50-29-16-31-52-46-23-9-12-34-59(46)65-62(50)52/h1-38H. The Labute approximate surface area is 375 Å². The van der Waals surface area contributed by atoms with Crippen molar-refractivity contribution in [2.24, 2.45) is 0 Å². The predicted octanol–water partition coefficient (Wildman–Crippen LogP) is 17.2. The van der Waals surface area contributed by atoms with Gasteiger partial charge in [-0.1, -0.05) is 206 Å². The third-order valence-corrected chi connectivity index (χ3v) is 14.2. The molecule has 65 heavy (non-hydrogen) atoms. The lowest BCUT2D eigenvalue weighted by Crippen LogP contribution is -2.28. The summed E-state index contributed by atoms with van der Waals surface area (Å²) in [4.78, 5) is 0. The Bertz CT molecular complexity index is 3850. The largest absolute Gasteiger partial charge is 0.455 e. The van der Waals surface area contributed by atoms with Gasteiger partial charge < -0.3 is 8.83 Å². The van der Waals surface area contributed by atoms with E-state index in [0.29, 0.717) is 0 Å². The number of para-hydroxylation sites is 4. The number of hydrogen-bond donors (Lipinski definition) is 0. The number of furan rings is 2. The zero-order valence-electron chi connectivity index (χ0n) is 35.3. The van der Waals surface area contributed by atoms with Crippen LogP contribution in [0.5, 0.6) is 0 Å². The SMILES string of the molecule is c1ccc(C2(c3ccccc3)c3ccccc3-c3cc(-c4c5cccc(-c6cccc7c6oc6ccccc67)c5cc5c(-c6cccc7c6oc6ccccc67)cccc45)ccc32)cc1. The van der Waals surface area contributed by atoms with E-state index >= 15 is 0 Å². The number of benzene rings is 11. The van der Waals surface area contributed by atoms with E-state index in [1.54, 1.807) is 0 Å². The van der Waals surface area contributed by atoms with Crippen molar-refractivity contribution in [3.63, 3.8) is 0 Å². The highest BCUT2D eigenvalue weighted by molar-refractivity contribution is 6.22. The van der Waals surface area contributed by atoms with Gasteiger partial charge in [-0.2, -0.15) is 0 Å². The Morgan fingerprint density at radius 2 is 0.692 bits per heavy atom. The summed E-state index contributed by atoms with van der Waals surface area (Å²) < 4.78 is 13.4. The van der Waals surface area contributed by atoms with E-state index in [0.717, 1.165) is 76.9 Å². The van der Waals surface area contributed by atoms with Crippen LogP contribution in [0.15, 0.2) is 239 Å². The average molecular weight is 827 g/mol. The molecule has 13 aromatic rings. The van der Waals surface area contributed by atoms with Crippen LogP contribution in [-0.4, -0.2) is 0 Å². The Kier molecular flexibility index (Phi) is 7.64. The maximum atomic E-state index is 6.72. The zero-order chi connectivity index (χ0) is 42.6. The fraction of sp³-hybridized carbons (Fsp3) is 0.0159. The molecule has 0 spiro atoms. The average Bonchev–Trinajstić information content (AvgIpc) is 4.04. The topological polar surface area (TPSA) is 26.3 Å². The van der Waals surface area contributed by atoms with Gasteiger partial charge in [-0.3, -0.25) is 0 Å². The normalized spacial score (nSPS) is 13.0. The predicted molar refractivity (Wildman–Crippen MR) is 270 cm³/mol. The van der Waals surface area contributed by atoms with Crippen molar-refractivity contribution in [1.29, 1.82) is 0 Å². The van der Waals surface area contributed by atoms with Gasteiger partial charge in [-0.25, -0.2) is 0 Å². The van der Waals surface area contributed by atoms with Gasteiger partial charge in [0, 0.05) is 32.7 Å². The van der Waals surface area contributed by atoms with E-state index in [2.05, 4.69) is 218 Å². The van der Waals surface area contributed by atoms with E-state index < -0.39 is 5.41 Å². The molecule has 0 amide bonds.